The van der Waals surface area contributed by atoms with E-state index in [9.17, 15) is 8.42 Å². The molecular formula is C21H20ClNO3S2. The summed E-state index contributed by atoms with van der Waals surface area (Å²) in [6.07, 6.45) is -0.0448. The summed E-state index contributed by atoms with van der Waals surface area (Å²) in [4.78, 5) is 1.88. The second-order valence-electron chi connectivity index (χ2n) is 6.43. The molecule has 0 saturated heterocycles. The van der Waals surface area contributed by atoms with E-state index >= 15 is 0 Å². The molecule has 0 unspecified atom stereocenters. The van der Waals surface area contributed by atoms with Gasteiger partial charge in [-0.3, -0.25) is 0 Å². The molecule has 0 bridgehead atoms. The molecule has 28 heavy (non-hydrogen) atoms. The Morgan fingerprint density at radius 1 is 0.964 bits per heavy atom. The number of hydrogen-bond donors (Lipinski definition) is 1. The smallest absolute Gasteiger partial charge is 0.238 e. The third-order valence-electron chi connectivity index (χ3n) is 3.83. The lowest BCUT2D eigenvalue weighted by Crippen LogP contribution is -2.14. The SMILES string of the molecule is CC(C)Oc1ccc(S(N)(=O)=O)c(-c2ccc(Cl)cc2Sc2ccccc2)c1. The summed E-state index contributed by atoms with van der Waals surface area (Å²) >= 11 is 7.72. The molecule has 0 aliphatic heterocycles. The van der Waals surface area contributed by atoms with E-state index in [1.807, 2.05) is 50.2 Å². The number of halogens is 1. The lowest BCUT2D eigenvalue weighted by atomic mass is 10.1. The van der Waals surface area contributed by atoms with Gasteiger partial charge in [-0.15, -0.1) is 0 Å². The molecule has 7 heteroatoms. The number of sulfonamides is 1. The Balaban J connectivity index is 2.19. The van der Waals surface area contributed by atoms with Gasteiger partial charge in [0.2, 0.25) is 10.0 Å². The quantitative estimate of drug-likeness (QED) is 0.549. The first-order valence-electron chi connectivity index (χ1n) is 8.60. The summed E-state index contributed by atoms with van der Waals surface area (Å²) < 4.78 is 30.2. The van der Waals surface area contributed by atoms with E-state index < -0.39 is 10.0 Å². The molecule has 0 radical (unpaired) electrons. The van der Waals surface area contributed by atoms with Gasteiger partial charge >= 0.3 is 0 Å². The van der Waals surface area contributed by atoms with E-state index in [1.165, 1.54) is 17.8 Å². The molecule has 0 fully saturated rings. The Bertz CT molecular complexity index is 1080. The van der Waals surface area contributed by atoms with Crippen molar-refractivity contribution >= 4 is 33.4 Å². The van der Waals surface area contributed by atoms with Gasteiger partial charge < -0.3 is 4.74 Å². The average Bonchev–Trinajstić information content (AvgIpc) is 2.61. The van der Waals surface area contributed by atoms with Gasteiger partial charge in [0, 0.05) is 20.4 Å². The zero-order valence-electron chi connectivity index (χ0n) is 15.4. The van der Waals surface area contributed by atoms with Crippen LogP contribution in [-0.4, -0.2) is 14.5 Å². The molecule has 2 N–H and O–H groups in total. The Hall–Kier alpha value is -1.99. The summed E-state index contributed by atoms with van der Waals surface area (Å²) in [7, 11) is -3.92. The number of ether oxygens (including phenoxy) is 1. The van der Waals surface area contributed by atoms with Crippen molar-refractivity contribution in [1.29, 1.82) is 0 Å². The van der Waals surface area contributed by atoms with Crippen molar-refractivity contribution in [1.82, 2.24) is 0 Å². The second-order valence-corrected chi connectivity index (χ2v) is 9.51. The summed E-state index contributed by atoms with van der Waals surface area (Å²) in [5.74, 6) is 0.572. The Morgan fingerprint density at radius 2 is 1.68 bits per heavy atom. The highest BCUT2D eigenvalue weighted by Gasteiger charge is 2.19. The van der Waals surface area contributed by atoms with Gasteiger partial charge in [0.05, 0.1) is 11.0 Å². The van der Waals surface area contributed by atoms with Crippen LogP contribution in [0.4, 0.5) is 0 Å². The van der Waals surface area contributed by atoms with Crippen LogP contribution in [0.3, 0.4) is 0 Å². The molecule has 3 aromatic rings. The zero-order valence-corrected chi connectivity index (χ0v) is 17.8. The first-order valence-corrected chi connectivity index (χ1v) is 11.3. The van der Waals surface area contributed by atoms with Crippen LogP contribution in [0.25, 0.3) is 11.1 Å². The zero-order chi connectivity index (χ0) is 20.3. The third-order valence-corrected chi connectivity index (χ3v) is 6.10. The van der Waals surface area contributed by atoms with Crippen LogP contribution in [0, 0.1) is 0 Å². The topological polar surface area (TPSA) is 69.4 Å². The summed E-state index contributed by atoms with van der Waals surface area (Å²) in [5, 5.41) is 6.04. The van der Waals surface area contributed by atoms with Crippen LogP contribution in [0.15, 0.2) is 81.4 Å². The van der Waals surface area contributed by atoms with E-state index in [0.717, 1.165) is 15.4 Å². The molecule has 3 aromatic carbocycles. The maximum atomic E-state index is 12.2. The van der Waals surface area contributed by atoms with Crippen molar-refractivity contribution in [2.75, 3.05) is 0 Å². The predicted molar refractivity (Wildman–Crippen MR) is 115 cm³/mol. The number of hydrogen-bond acceptors (Lipinski definition) is 4. The molecule has 0 aliphatic carbocycles. The Morgan fingerprint density at radius 3 is 2.32 bits per heavy atom. The van der Waals surface area contributed by atoms with Crippen molar-refractivity contribution < 1.29 is 13.2 Å². The fraction of sp³-hybridized carbons (Fsp3) is 0.143. The van der Waals surface area contributed by atoms with E-state index in [2.05, 4.69) is 0 Å². The molecule has 3 rings (SSSR count). The summed E-state index contributed by atoms with van der Waals surface area (Å²) in [5.41, 5.74) is 1.20. The second kappa shape index (κ2) is 8.57. The van der Waals surface area contributed by atoms with Gasteiger partial charge in [0.15, 0.2) is 0 Å². The van der Waals surface area contributed by atoms with Gasteiger partial charge in [-0.1, -0.05) is 47.6 Å². The first-order chi connectivity index (χ1) is 13.2. The molecule has 0 aliphatic rings. The van der Waals surface area contributed by atoms with Gasteiger partial charge in [0.25, 0.3) is 0 Å². The number of benzene rings is 3. The maximum absolute atomic E-state index is 12.2. The van der Waals surface area contributed by atoms with Crippen LogP contribution in [-0.2, 0) is 10.0 Å². The minimum atomic E-state index is -3.92. The predicted octanol–water partition coefficient (Wildman–Crippen LogP) is 5.59. The van der Waals surface area contributed by atoms with Crippen LogP contribution in [0.1, 0.15) is 13.8 Å². The van der Waals surface area contributed by atoms with E-state index in [-0.39, 0.29) is 11.0 Å². The van der Waals surface area contributed by atoms with E-state index in [4.69, 9.17) is 21.5 Å². The van der Waals surface area contributed by atoms with Crippen molar-refractivity contribution in [2.45, 2.75) is 34.6 Å². The summed E-state index contributed by atoms with van der Waals surface area (Å²) in [6.45, 7) is 3.82. The van der Waals surface area contributed by atoms with Crippen LogP contribution < -0.4 is 9.88 Å². The highest BCUT2D eigenvalue weighted by Crippen LogP contribution is 2.41. The lowest BCUT2D eigenvalue weighted by molar-refractivity contribution is 0.242. The largest absolute Gasteiger partial charge is 0.491 e. The molecule has 0 amide bonds. The maximum Gasteiger partial charge on any atom is 0.238 e. The van der Waals surface area contributed by atoms with Gasteiger partial charge in [-0.05, 0) is 61.9 Å². The molecule has 0 spiro atoms. The fourth-order valence-corrected chi connectivity index (χ4v) is 4.72. The standard InChI is InChI=1S/C21H20ClNO3S2/c1-14(2)26-16-9-11-21(28(23,24)25)19(13-16)18-10-8-15(22)12-20(18)27-17-6-4-3-5-7-17/h3-14H,1-2H3,(H2,23,24,25). The number of primary sulfonamides is 1. The fourth-order valence-electron chi connectivity index (χ4n) is 2.73. The first kappa shape index (κ1) is 20.7. The van der Waals surface area contributed by atoms with Gasteiger partial charge in [-0.25, -0.2) is 13.6 Å². The minimum absolute atomic E-state index is 0.0424. The number of rotatable bonds is 6. The molecule has 0 heterocycles. The van der Waals surface area contributed by atoms with Crippen molar-refractivity contribution in [2.24, 2.45) is 5.14 Å². The summed E-state index contributed by atoms with van der Waals surface area (Å²) in [6, 6.07) is 19.9. The van der Waals surface area contributed by atoms with Crippen LogP contribution >= 0.6 is 23.4 Å². The van der Waals surface area contributed by atoms with E-state index in [1.54, 1.807) is 24.3 Å². The van der Waals surface area contributed by atoms with Crippen molar-refractivity contribution in [3.05, 3.63) is 71.8 Å². The molecule has 0 atom stereocenters. The Kier molecular flexibility index (Phi) is 6.35. The van der Waals surface area contributed by atoms with Gasteiger partial charge in [-0.2, -0.15) is 0 Å². The van der Waals surface area contributed by atoms with Crippen molar-refractivity contribution in [3.8, 4) is 16.9 Å². The number of nitrogens with two attached hydrogens (primary N) is 1. The third kappa shape index (κ3) is 5.08. The minimum Gasteiger partial charge on any atom is -0.491 e. The highest BCUT2D eigenvalue weighted by molar-refractivity contribution is 7.99. The molecular weight excluding hydrogens is 414 g/mol. The van der Waals surface area contributed by atoms with Crippen LogP contribution in [0.2, 0.25) is 5.02 Å². The Labute approximate surface area is 174 Å². The monoisotopic (exact) mass is 433 g/mol. The molecule has 0 aromatic heterocycles. The lowest BCUT2D eigenvalue weighted by Gasteiger charge is -2.16. The molecule has 0 saturated carbocycles. The highest BCUT2D eigenvalue weighted by atomic mass is 35.5. The van der Waals surface area contributed by atoms with E-state index in [0.29, 0.717) is 16.3 Å². The van der Waals surface area contributed by atoms with Crippen molar-refractivity contribution in [3.63, 3.8) is 0 Å². The molecule has 146 valence electrons. The van der Waals surface area contributed by atoms with Crippen LogP contribution in [0.5, 0.6) is 5.75 Å². The van der Waals surface area contributed by atoms with Gasteiger partial charge in [0.1, 0.15) is 5.75 Å². The normalized spacial score (nSPS) is 11.6. The average molecular weight is 434 g/mol. The molecule has 4 nitrogen and oxygen atoms in total.